The van der Waals surface area contributed by atoms with E-state index in [4.69, 9.17) is 9.47 Å². The van der Waals surface area contributed by atoms with Gasteiger partial charge in [-0.2, -0.15) is 0 Å². The number of amides is 2. The highest BCUT2D eigenvalue weighted by Crippen LogP contribution is 2.12. The lowest BCUT2D eigenvalue weighted by Gasteiger charge is -2.26. The van der Waals surface area contributed by atoms with E-state index in [1.54, 1.807) is 32.9 Å². The quantitative estimate of drug-likeness (QED) is 0.465. The number of nitrogens with one attached hydrogen (secondary N) is 2. The van der Waals surface area contributed by atoms with Crippen LogP contribution in [0.3, 0.4) is 0 Å². The van der Waals surface area contributed by atoms with Crippen molar-refractivity contribution in [1.29, 1.82) is 0 Å². The van der Waals surface area contributed by atoms with Gasteiger partial charge in [0.25, 0.3) is 0 Å². The lowest BCUT2D eigenvalue weighted by Crippen LogP contribution is -2.55. The first kappa shape index (κ1) is 24.9. The van der Waals surface area contributed by atoms with Gasteiger partial charge in [-0.1, -0.05) is 51.1 Å². The van der Waals surface area contributed by atoms with Crippen molar-refractivity contribution < 1.29 is 33.8 Å². The van der Waals surface area contributed by atoms with E-state index in [0.29, 0.717) is 0 Å². The van der Waals surface area contributed by atoms with Gasteiger partial charge >= 0.3 is 18.0 Å². The second kappa shape index (κ2) is 12.5. The number of hydrogen-bond donors (Lipinski definition) is 3. The zero-order valence-corrected chi connectivity index (χ0v) is 17.7. The molecule has 166 valence electrons. The molecule has 1 aromatic carbocycles. The van der Waals surface area contributed by atoms with Crippen LogP contribution in [0.1, 0.15) is 39.7 Å². The number of ether oxygens (including phenoxy) is 2. The molecule has 1 aromatic rings. The average Bonchev–Trinajstić information content (AvgIpc) is 2.68. The van der Waals surface area contributed by atoms with Crippen LogP contribution in [0.5, 0.6) is 0 Å². The van der Waals surface area contributed by atoms with E-state index in [1.807, 2.05) is 18.2 Å². The molecule has 0 unspecified atom stereocenters. The van der Waals surface area contributed by atoms with Crippen molar-refractivity contribution in [2.75, 3.05) is 6.61 Å². The largest absolute Gasteiger partial charge is 0.480 e. The van der Waals surface area contributed by atoms with Crippen molar-refractivity contribution in [2.45, 2.75) is 52.8 Å². The Morgan fingerprint density at radius 1 is 0.967 bits per heavy atom. The van der Waals surface area contributed by atoms with Gasteiger partial charge in [0.2, 0.25) is 5.91 Å². The third-order valence-electron chi connectivity index (χ3n) is 4.36. The number of carboxylic acids is 1. The van der Waals surface area contributed by atoms with Gasteiger partial charge in [-0.3, -0.25) is 9.59 Å². The molecule has 3 atom stereocenters. The minimum atomic E-state index is -1.31. The standard InChI is InChI=1S/C21H30N2O7/c1-5-29-16(24)11-14(4)18(20(26)27)22-19(25)17(13(2)3)23-21(28)30-12-15-9-7-6-8-10-15/h6-10,13-14,17-18H,5,11-12H2,1-4H3,(H,22,25)(H,23,28)(H,26,27)/t14-,17+,18-/m0/s1. The lowest BCUT2D eigenvalue weighted by atomic mass is 9.96. The Kier molecular flexibility index (Phi) is 10.4. The van der Waals surface area contributed by atoms with E-state index >= 15 is 0 Å². The van der Waals surface area contributed by atoms with Crippen LogP contribution in [-0.2, 0) is 30.5 Å². The molecule has 2 amide bonds. The Morgan fingerprint density at radius 3 is 2.13 bits per heavy atom. The van der Waals surface area contributed by atoms with Gasteiger partial charge in [0.15, 0.2) is 0 Å². The SMILES string of the molecule is CCOC(=O)C[C@H](C)[C@H](NC(=O)[C@H](NC(=O)OCc1ccccc1)C(C)C)C(=O)O. The molecule has 1 rings (SSSR count). The van der Waals surface area contributed by atoms with E-state index in [2.05, 4.69) is 10.6 Å². The number of rotatable bonds is 11. The number of benzene rings is 1. The highest BCUT2D eigenvalue weighted by molar-refractivity contribution is 5.89. The fraction of sp³-hybridized carbons (Fsp3) is 0.524. The number of alkyl carbamates (subject to hydrolysis) is 1. The number of carbonyl (C=O) groups excluding carboxylic acids is 3. The second-order valence-corrected chi connectivity index (χ2v) is 7.24. The number of aliphatic carboxylic acids is 1. The van der Waals surface area contributed by atoms with Crippen LogP contribution in [0.25, 0.3) is 0 Å². The first-order valence-corrected chi connectivity index (χ1v) is 9.81. The molecule has 9 heteroatoms. The second-order valence-electron chi connectivity index (χ2n) is 7.24. The van der Waals surface area contributed by atoms with Gasteiger partial charge < -0.3 is 25.2 Å². The molecule has 0 bridgehead atoms. The lowest BCUT2D eigenvalue weighted by molar-refractivity contribution is -0.147. The van der Waals surface area contributed by atoms with Crippen molar-refractivity contribution in [1.82, 2.24) is 10.6 Å². The molecule has 0 fully saturated rings. The van der Waals surface area contributed by atoms with Crippen LogP contribution in [0.4, 0.5) is 4.79 Å². The molecular formula is C21H30N2O7. The summed E-state index contributed by atoms with van der Waals surface area (Å²) < 4.78 is 9.96. The van der Waals surface area contributed by atoms with Crippen LogP contribution in [0, 0.1) is 11.8 Å². The molecule has 0 aliphatic rings. The summed E-state index contributed by atoms with van der Waals surface area (Å²) in [7, 11) is 0. The summed E-state index contributed by atoms with van der Waals surface area (Å²) in [4.78, 5) is 48.0. The molecule has 3 N–H and O–H groups in total. The molecule has 0 radical (unpaired) electrons. The van der Waals surface area contributed by atoms with Crippen molar-refractivity contribution in [2.24, 2.45) is 11.8 Å². The number of hydrogen-bond acceptors (Lipinski definition) is 6. The Hall–Kier alpha value is -3.10. The third kappa shape index (κ3) is 8.50. The van der Waals surface area contributed by atoms with Crippen LogP contribution in [0.2, 0.25) is 0 Å². The van der Waals surface area contributed by atoms with E-state index in [-0.39, 0.29) is 25.6 Å². The topological polar surface area (TPSA) is 131 Å². The summed E-state index contributed by atoms with van der Waals surface area (Å²) in [6.45, 7) is 6.81. The van der Waals surface area contributed by atoms with Gasteiger partial charge in [0.05, 0.1) is 13.0 Å². The predicted octanol–water partition coefficient (Wildman–Crippen LogP) is 2.10. The molecule has 30 heavy (non-hydrogen) atoms. The molecule has 0 aliphatic carbocycles. The van der Waals surface area contributed by atoms with Gasteiger partial charge in [-0.15, -0.1) is 0 Å². The minimum absolute atomic E-state index is 0.0352. The Bertz CT molecular complexity index is 721. The zero-order chi connectivity index (χ0) is 22.7. The summed E-state index contributed by atoms with van der Waals surface area (Å²) >= 11 is 0. The Morgan fingerprint density at radius 2 is 1.60 bits per heavy atom. The number of carbonyl (C=O) groups is 4. The van der Waals surface area contributed by atoms with Gasteiger partial charge in [-0.05, 0) is 24.3 Å². The van der Waals surface area contributed by atoms with Crippen LogP contribution >= 0.6 is 0 Å². The zero-order valence-electron chi connectivity index (χ0n) is 17.7. The van der Waals surface area contributed by atoms with E-state index in [1.165, 1.54) is 6.92 Å². The monoisotopic (exact) mass is 422 g/mol. The van der Waals surface area contributed by atoms with Gasteiger partial charge in [-0.25, -0.2) is 9.59 Å². The molecule has 0 aromatic heterocycles. The molecule has 0 spiro atoms. The summed E-state index contributed by atoms with van der Waals surface area (Å²) in [6, 6.07) is 6.72. The van der Waals surface area contributed by atoms with Crippen molar-refractivity contribution >= 4 is 23.9 Å². The maximum Gasteiger partial charge on any atom is 0.408 e. The fourth-order valence-electron chi connectivity index (χ4n) is 2.72. The molecule has 9 nitrogen and oxygen atoms in total. The highest BCUT2D eigenvalue weighted by atomic mass is 16.5. The molecule has 0 saturated carbocycles. The van der Waals surface area contributed by atoms with Gasteiger partial charge in [0.1, 0.15) is 18.7 Å². The summed E-state index contributed by atoms with van der Waals surface area (Å²) in [5.74, 6) is -3.54. The first-order chi connectivity index (χ1) is 14.1. The van der Waals surface area contributed by atoms with E-state index in [9.17, 15) is 24.3 Å². The van der Waals surface area contributed by atoms with E-state index in [0.717, 1.165) is 5.56 Å². The smallest absolute Gasteiger partial charge is 0.408 e. The Labute approximate surface area is 176 Å². The number of carboxylic acid groups (broad SMARTS) is 1. The maximum absolute atomic E-state index is 12.7. The summed E-state index contributed by atoms with van der Waals surface area (Å²) in [5.41, 5.74) is 0.789. The van der Waals surface area contributed by atoms with Crippen LogP contribution < -0.4 is 10.6 Å². The number of esters is 1. The van der Waals surface area contributed by atoms with Crippen molar-refractivity contribution in [3.8, 4) is 0 Å². The first-order valence-electron chi connectivity index (χ1n) is 9.81. The molecule has 0 heterocycles. The molecule has 0 aliphatic heterocycles. The Balaban J connectivity index is 2.72. The highest BCUT2D eigenvalue weighted by Gasteiger charge is 2.33. The predicted molar refractivity (Wildman–Crippen MR) is 108 cm³/mol. The third-order valence-corrected chi connectivity index (χ3v) is 4.36. The fourth-order valence-corrected chi connectivity index (χ4v) is 2.72. The average molecular weight is 422 g/mol. The van der Waals surface area contributed by atoms with E-state index < -0.39 is 41.9 Å². The van der Waals surface area contributed by atoms with Crippen LogP contribution in [-0.4, -0.2) is 47.7 Å². The van der Waals surface area contributed by atoms with Crippen molar-refractivity contribution in [3.05, 3.63) is 35.9 Å². The normalized spacial score (nSPS) is 13.6. The molecular weight excluding hydrogens is 392 g/mol. The van der Waals surface area contributed by atoms with Crippen LogP contribution in [0.15, 0.2) is 30.3 Å². The minimum Gasteiger partial charge on any atom is -0.480 e. The summed E-state index contributed by atoms with van der Waals surface area (Å²) in [6.07, 6.45) is -0.955. The van der Waals surface area contributed by atoms with Crippen molar-refractivity contribution in [3.63, 3.8) is 0 Å². The summed E-state index contributed by atoms with van der Waals surface area (Å²) in [5, 5.41) is 14.3. The van der Waals surface area contributed by atoms with Gasteiger partial charge in [0, 0.05) is 0 Å². The molecule has 0 saturated heterocycles. The maximum atomic E-state index is 12.7.